The minimum absolute atomic E-state index is 0.000108. The summed E-state index contributed by atoms with van der Waals surface area (Å²) in [6, 6.07) is 8.87. The first-order valence-corrected chi connectivity index (χ1v) is 9.40. The maximum atomic E-state index is 12.8. The van der Waals surface area contributed by atoms with Crippen LogP contribution in [0.4, 0.5) is 0 Å². The van der Waals surface area contributed by atoms with Crippen LogP contribution in [0.1, 0.15) is 44.0 Å². The van der Waals surface area contributed by atoms with E-state index in [4.69, 9.17) is 4.74 Å². The standard InChI is InChI=1S/C21H24N2O2/c1-3-25-20(24)17-13-21(2)10-6-11-22-12-9-15-14-7-4-5-8-16(14)23(17)18(15)19(21)22/h4-5,7-8,13,19H,3,6,9-12H2,1-2H3/t19-,21+/m1/s1. The Labute approximate surface area is 148 Å². The van der Waals surface area contributed by atoms with E-state index in [0.29, 0.717) is 18.3 Å². The van der Waals surface area contributed by atoms with E-state index in [1.807, 2.05) is 6.92 Å². The van der Waals surface area contributed by atoms with E-state index in [1.165, 1.54) is 23.1 Å². The molecule has 25 heavy (non-hydrogen) atoms. The van der Waals surface area contributed by atoms with Crippen molar-refractivity contribution in [3.8, 4) is 0 Å². The second kappa shape index (κ2) is 5.21. The molecule has 3 aliphatic rings. The van der Waals surface area contributed by atoms with Crippen LogP contribution < -0.4 is 0 Å². The third-order valence-electron chi connectivity index (χ3n) is 6.27. The molecule has 0 radical (unpaired) electrons. The highest BCUT2D eigenvalue weighted by Crippen LogP contribution is 2.55. The number of aromatic nitrogens is 1. The van der Waals surface area contributed by atoms with Crippen LogP contribution in [0.15, 0.2) is 30.3 Å². The summed E-state index contributed by atoms with van der Waals surface area (Å²) in [6.07, 6.45) is 5.58. The molecule has 3 aliphatic heterocycles. The lowest BCUT2D eigenvalue weighted by atomic mass is 9.69. The predicted octanol–water partition coefficient (Wildman–Crippen LogP) is 3.76. The van der Waals surface area contributed by atoms with E-state index >= 15 is 0 Å². The van der Waals surface area contributed by atoms with Crippen molar-refractivity contribution in [1.82, 2.24) is 9.47 Å². The molecule has 2 atom stereocenters. The van der Waals surface area contributed by atoms with Gasteiger partial charge in [0.15, 0.2) is 0 Å². The smallest absolute Gasteiger partial charge is 0.354 e. The van der Waals surface area contributed by atoms with Crippen LogP contribution in [0.3, 0.4) is 0 Å². The largest absolute Gasteiger partial charge is 0.461 e. The predicted molar refractivity (Wildman–Crippen MR) is 98.2 cm³/mol. The number of carbonyl (C=O) groups is 1. The van der Waals surface area contributed by atoms with Crippen molar-refractivity contribution in [2.24, 2.45) is 5.41 Å². The third-order valence-corrected chi connectivity index (χ3v) is 6.27. The number of para-hydroxylation sites is 1. The summed E-state index contributed by atoms with van der Waals surface area (Å²) in [5.41, 5.74) is 4.61. The molecule has 1 fully saturated rings. The second-order valence-electron chi connectivity index (χ2n) is 7.76. The SMILES string of the molecule is CCOC(=O)C1=C[C@]2(C)CCCN3CCc4c(n1c1ccccc41)[C@@H]32. The normalized spacial score (nSPS) is 27.8. The number of rotatable bonds is 2. The fraction of sp³-hybridized carbons (Fsp3) is 0.476. The van der Waals surface area contributed by atoms with Crippen LogP contribution in [-0.4, -0.2) is 35.1 Å². The minimum Gasteiger partial charge on any atom is -0.461 e. The van der Waals surface area contributed by atoms with Crippen LogP contribution in [0.2, 0.25) is 0 Å². The maximum Gasteiger partial charge on any atom is 0.354 e. The van der Waals surface area contributed by atoms with Crippen LogP contribution >= 0.6 is 0 Å². The van der Waals surface area contributed by atoms with Gasteiger partial charge in [0.1, 0.15) is 5.70 Å². The first-order valence-electron chi connectivity index (χ1n) is 9.40. The van der Waals surface area contributed by atoms with Gasteiger partial charge in [0.2, 0.25) is 0 Å². The van der Waals surface area contributed by atoms with Crippen LogP contribution in [-0.2, 0) is 16.0 Å². The lowest BCUT2D eigenvalue weighted by molar-refractivity contribution is -0.136. The van der Waals surface area contributed by atoms with Crippen molar-refractivity contribution >= 4 is 22.6 Å². The highest BCUT2D eigenvalue weighted by atomic mass is 16.5. The number of ether oxygens (including phenoxy) is 1. The Morgan fingerprint density at radius 3 is 3.00 bits per heavy atom. The van der Waals surface area contributed by atoms with Crippen LogP contribution in [0.5, 0.6) is 0 Å². The topological polar surface area (TPSA) is 34.5 Å². The van der Waals surface area contributed by atoms with E-state index in [2.05, 4.69) is 46.7 Å². The van der Waals surface area contributed by atoms with Crippen molar-refractivity contribution in [3.05, 3.63) is 41.6 Å². The average molecular weight is 336 g/mol. The molecule has 0 bridgehead atoms. The molecular weight excluding hydrogens is 312 g/mol. The molecule has 4 heterocycles. The van der Waals surface area contributed by atoms with E-state index in [9.17, 15) is 4.79 Å². The quantitative estimate of drug-likeness (QED) is 0.783. The molecular formula is C21H24N2O2. The van der Waals surface area contributed by atoms with E-state index in [0.717, 1.165) is 31.4 Å². The monoisotopic (exact) mass is 336 g/mol. The third kappa shape index (κ3) is 1.94. The molecule has 0 saturated carbocycles. The summed E-state index contributed by atoms with van der Waals surface area (Å²) in [5.74, 6) is -0.201. The molecule has 2 aromatic rings. The van der Waals surface area contributed by atoms with E-state index in [-0.39, 0.29) is 11.4 Å². The van der Waals surface area contributed by atoms with Crippen molar-refractivity contribution in [1.29, 1.82) is 0 Å². The number of esters is 1. The lowest BCUT2D eigenvalue weighted by Crippen LogP contribution is -2.50. The van der Waals surface area contributed by atoms with Crippen LogP contribution in [0.25, 0.3) is 16.6 Å². The number of hydrogen-bond donors (Lipinski definition) is 0. The summed E-state index contributed by atoms with van der Waals surface area (Å²) < 4.78 is 7.63. The average Bonchev–Trinajstić information content (AvgIpc) is 2.95. The fourth-order valence-corrected chi connectivity index (χ4v) is 5.35. The molecule has 1 saturated heterocycles. The second-order valence-corrected chi connectivity index (χ2v) is 7.76. The van der Waals surface area contributed by atoms with Gasteiger partial charge in [0.25, 0.3) is 0 Å². The Hall–Kier alpha value is -2.07. The highest BCUT2D eigenvalue weighted by Gasteiger charge is 2.49. The summed E-state index contributed by atoms with van der Waals surface area (Å²) in [4.78, 5) is 15.4. The number of hydrogen-bond acceptors (Lipinski definition) is 3. The van der Waals surface area contributed by atoms with Gasteiger partial charge in [-0.25, -0.2) is 4.79 Å². The van der Waals surface area contributed by atoms with Gasteiger partial charge in [0.05, 0.1) is 18.2 Å². The number of fused-ring (bicyclic) bond motifs is 3. The lowest BCUT2D eigenvalue weighted by Gasteiger charge is -2.52. The Morgan fingerprint density at radius 2 is 2.16 bits per heavy atom. The first kappa shape index (κ1) is 15.2. The summed E-state index contributed by atoms with van der Waals surface area (Å²) in [5, 5.41) is 1.29. The summed E-state index contributed by atoms with van der Waals surface area (Å²) in [6.45, 7) is 6.87. The highest BCUT2D eigenvalue weighted by molar-refractivity contribution is 6.13. The van der Waals surface area contributed by atoms with Gasteiger partial charge in [-0.2, -0.15) is 0 Å². The minimum atomic E-state index is -0.201. The van der Waals surface area contributed by atoms with Gasteiger partial charge in [-0.1, -0.05) is 25.1 Å². The summed E-state index contributed by atoms with van der Waals surface area (Å²) >= 11 is 0. The van der Waals surface area contributed by atoms with Crippen LogP contribution in [0, 0.1) is 5.41 Å². The summed E-state index contributed by atoms with van der Waals surface area (Å²) in [7, 11) is 0. The number of piperidine rings is 1. The first-order chi connectivity index (χ1) is 12.1. The van der Waals surface area contributed by atoms with Crippen molar-refractivity contribution in [3.63, 3.8) is 0 Å². The Morgan fingerprint density at radius 1 is 1.32 bits per heavy atom. The van der Waals surface area contributed by atoms with Crippen molar-refractivity contribution in [2.45, 2.75) is 39.2 Å². The van der Waals surface area contributed by atoms with Gasteiger partial charge >= 0.3 is 5.97 Å². The van der Waals surface area contributed by atoms with Gasteiger partial charge in [0, 0.05) is 23.0 Å². The molecule has 5 rings (SSSR count). The molecule has 0 N–H and O–H groups in total. The zero-order chi connectivity index (χ0) is 17.2. The molecule has 130 valence electrons. The number of benzene rings is 1. The Bertz CT molecular complexity index is 910. The van der Waals surface area contributed by atoms with Crippen molar-refractivity contribution < 1.29 is 9.53 Å². The fourth-order valence-electron chi connectivity index (χ4n) is 5.35. The van der Waals surface area contributed by atoms with Gasteiger partial charge in [-0.3, -0.25) is 4.90 Å². The molecule has 4 nitrogen and oxygen atoms in total. The zero-order valence-electron chi connectivity index (χ0n) is 14.9. The molecule has 0 amide bonds. The molecule has 0 unspecified atom stereocenters. The Kier molecular flexibility index (Phi) is 3.17. The number of carbonyl (C=O) groups excluding carboxylic acids is 1. The molecule has 0 aliphatic carbocycles. The molecule has 1 aromatic heterocycles. The molecule has 1 aromatic carbocycles. The zero-order valence-corrected chi connectivity index (χ0v) is 14.9. The van der Waals surface area contributed by atoms with E-state index < -0.39 is 0 Å². The van der Waals surface area contributed by atoms with E-state index in [1.54, 1.807) is 0 Å². The maximum absolute atomic E-state index is 12.8. The van der Waals surface area contributed by atoms with Gasteiger partial charge in [-0.15, -0.1) is 0 Å². The van der Waals surface area contributed by atoms with Crippen molar-refractivity contribution in [2.75, 3.05) is 19.7 Å². The van der Waals surface area contributed by atoms with Gasteiger partial charge < -0.3 is 9.30 Å². The Balaban J connectivity index is 1.84. The number of nitrogens with zero attached hydrogens (tertiary/aromatic N) is 2. The van der Waals surface area contributed by atoms with Gasteiger partial charge in [-0.05, 0) is 50.4 Å². The molecule has 4 heteroatoms. The molecule has 0 spiro atoms.